The molecule has 0 aliphatic carbocycles. The first-order valence-electron chi connectivity index (χ1n) is 7.86. The minimum Gasteiger partial charge on any atom is -0.394 e. The zero-order valence-electron chi connectivity index (χ0n) is 13.0. The molecule has 0 aromatic heterocycles. The Hall–Kier alpha value is -1.68. The maximum atomic E-state index is 9.74. The summed E-state index contributed by atoms with van der Waals surface area (Å²) in [7, 11) is 0. The van der Waals surface area contributed by atoms with Crippen LogP contribution in [0.4, 0.5) is 0 Å². The number of hydrogen-bond acceptors (Lipinski definition) is 3. The molecular weight excluding hydrogens is 274 g/mol. The summed E-state index contributed by atoms with van der Waals surface area (Å²) in [6.07, 6.45) is 0.974. The van der Waals surface area contributed by atoms with Crippen LogP contribution in [0.3, 0.4) is 0 Å². The molecule has 0 saturated carbocycles. The number of nitrogens with one attached hydrogen (secondary N) is 1. The van der Waals surface area contributed by atoms with Crippen molar-refractivity contribution < 1.29 is 9.84 Å². The lowest BCUT2D eigenvalue weighted by atomic mass is 9.96. The van der Waals surface area contributed by atoms with Gasteiger partial charge in [0, 0.05) is 6.54 Å². The van der Waals surface area contributed by atoms with Gasteiger partial charge in [-0.1, -0.05) is 42.5 Å². The van der Waals surface area contributed by atoms with Gasteiger partial charge in [0.1, 0.15) is 0 Å². The Balaban J connectivity index is 1.75. The number of ether oxygens (including phenoxy) is 1. The van der Waals surface area contributed by atoms with E-state index in [0.29, 0.717) is 6.61 Å². The quantitative estimate of drug-likeness (QED) is 0.891. The van der Waals surface area contributed by atoms with E-state index in [9.17, 15) is 5.11 Å². The fourth-order valence-corrected chi connectivity index (χ4v) is 3.15. The van der Waals surface area contributed by atoms with Crippen LogP contribution in [0.2, 0.25) is 0 Å². The molecule has 0 saturated heterocycles. The number of fused-ring (bicyclic) bond motifs is 1. The second-order valence-corrected chi connectivity index (χ2v) is 5.83. The molecule has 1 aliphatic heterocycles. The van der Waals surface area contributed by atoms with E-state index >= 15 is 0 Å². The lowest BCUT2D eigenvalue weighted by molar-refractivity contribution is 0.110. The molecule has 0 radical (unpaired) electrons. The molecule has 3 heteroatoms. The van der Waals surface area contributed by atoms with Crippen molar-refractivity contribution in [3.05, 3.63) is 70.3 Å². The summed E-state index contributed by atoms with van der Waals surface area (Å²) in [5.41, 5.74) is 6.38. The Morgan fingerprint density at radius 1 is 1.18 bits per heavy atom. The summed E-state index contributed by atoms with van der Waals surface area (Å²) >= 11 is 0. The maximum absolute atomic E-state index is 9.74. The molecular formula is C19H23NO2. The molecule has 1 unspecified atom stereocenters. The van der Waals surface area contributed by atoms with Crippen LogP contribution in [0.25, 0.3) is 0 Å². The molecule has 0 spiro atoms. The molecule has 116 valence electrons. The monoisotopic (exact) mass is 297 g/mol. The number of aliphatic hydroxyl groups is 1. The van der Waals surface area contributed by atoms with Crippen molar-refractivity contribution in [1.82, 2.24) is 5.32 Å². The molecule has 1 atom stereocenters. The van der Waals surface area contributed by atoms with Crippen molar-refractivity contribution in [1.29, 1.82) is 0 Å². The highest BCUT2D eigenvalue weighted by Gasteiger charge is 2.16. The zero-order valence-corrected chi connectivity index (χ0v) is 13.0. The second kappa shape index (κ2) is 7.05. The Bertz CT molecular complexity index is 639. The fraction of sp³-hybridized carbons (Fsp3) is 0.368. The number of benzene rings is 2. The topological polar surface area (TPSA) is 41.5 Å². The molecule has 2 aromatic carbocycles. The molecule has 3 rings (SSSR count). The summed E-state index contributed by atoms with van der Waals surface area (Å²) < 4.78 is 5.52. The number of aryl methyl sites for hydroxylation is 1. The largest absolute Gasteiger partial charge is 0.394 e. The first-order valence-corrected chi connectivity index (χ1v) is 7.86. The lowest BCUT2D eigenvalue weighted by Gasteiger charge is -2.23. The van der Waals surface area contributed by atoms with Crippen LogP contribution in [0.5, 0.6) is 0 Å². The van der Waals surface area contributed by atoms with E-state index in [-0.39, 0.29) is 12.6 Å². The molecule has 0 amide bonds. The highest BCUT2D eigenvalue weighted by atomic mass is 16.5. The Labute approximate surface area is 131 Å². The Kier molecular flexibility index (Phi) is 4.88. The molecule has 2 aromatic rings. The molecule has 0 bridgehead atoms. The zero-order chi connectivity index (χ0) is 15.4. The van der Waals surface area contributed by atoms with E-state index in [1.54, 1.807) is 0 Å². The van der Waals surface area contributed by atoms with E-state index in [2.05, 4.69) is 42.6 Å². The summed E-state index contributed by atoms with van der Waals surface area (Å²) in [5.74, 6) is 0. The van der Waals surface area contributed by atoms with Crippen molar-refractivity contribution in [2.45, 2.75) is 32.5 Å². The van der Waals surface area contributed by atoms with E-state index in [1.807, 2.05) is 12.1 Å². The third-order valence-electron chi connectivity index (χ3n) is 4.41. The summed E-state index contributed by atoms with van der Waals surface area (Å²) in [4.78, 5) is 0. The van der Waals surface area contributed by atoms with Gasteiger partial charge in [-0.2, -0.15) is 0 Å². The lowest BCUT2D eigenvalue weighted by Crippen LogP contribution is -2.26. The fourth-order valence-electron chi connectivity index (χ4n) is 3.15. The number of rotatable bonds is 5. The van der Waals surface area contributed by atoms with Crippen LogP contribution in [-0.2, 0) is 24.3 Å². The van der Waals surface area contributed by atoms with Gasteiger partial charge in [0.15, 0.2) is 0 Å². The van der Waals surface area contributed by atoms with Crippen molar-refractivity contribution in [3.63, 3.8) is 0 Å². The van der Waals surface area contributed by atoms with Crippen molar-refractivity contribution >= 4 is 0 Å². The Morgan fingerprint density at radius 3 is 2.86 bits per heavy atom. The molecule has 2 N–H and O–H groups in total. The van der Waals surface area contributed by atoms with E-state index < -0.39 is 0 Å². The smallest absolute Gasteiger partial charge is 0.0719 e. The van der Waals surface area contributed by atoms with Crippen LogP contribution in [0.1, 0.15) is 33.9 Å². The normalized spacial score (nSPS) is 15.4. The van der Waals surface area contributed by atoms with Gasteiger partial charge in [-0.25, -0.2) is 0 Å². The van der Waals surface area contributed by atoms with Gasteiger partial charge in [-0.05, 0) is 41.2 Å². The van der Waals surface area contributed by atoms with Gasteiger partial charge in [0.25, 0.3) is 0 Å². The van der Waals surface area contributed by atoms with E-state index in [0.717, 1.165) is 25.1 Å². The highest BCUT2D eigenvalue weighted by Crippen LogP contribution is 2.22. The van der Waals surface area contributed by atoms with E-state index in [1.165, 1.54) is 22.3 Å². The molecule has 3 nitrogen and oxygen atoms in total. The minimum absolute atomic E-state index is 0.0307. The van der Waals surface area contributed by atoms with Gasteiger partial charge < -0.3 is 15.2 Å². The average molecular weight is 297 g/mol. The highest BCUT2D eigenvalue weighted by molar-refractivity contribution is 5.36. The van der Waals surface area contributed by atoms with Crippen molar-refractivity contribution in [2.75, 3.05) is 13.2 Å². The predicted molar refractivity (Wildman–Crippen MR) is 87.6 cm³/mol. The van der Waals surface area contributed by atoms with Gasteiger partial charge in [0.05, 0.1) is 25.9 Å². The number of aliphatic hydroxyl groups excluding tert-OH is 1. The number of hydrogen-bond donors (Lipinski definition) is 2. The van der Waals surface area contributed by atoms with Crippen LogP contribution < -0.4 is 5.32 Å². The SMILES string of the molecule is Cc1ccccc1C(CO)NCc1cccc2c1CCOC2. The molecule has 0 fully saturated rings. The van der Waals surface area contributed by atoms with Crippen molar-refractivity contribution in [2.24, 2.45) is 0 Å². The predicted octanol–water partition coefficient (Wildman–Crippen LogP) is 2.89. The Morgan fingerprint density at radius 2 is 2.05 bits per heavy atom. The van der Waals surface area contributed by atoms with Crippen LogP contribution in [-0.4, -0.2) is 18.3 Å². The molecule has 22 heavy (non-hydrogen) atoms. The van der Waals surface area contributed by atoms with Gasteiger partial charge in [-0.3, -0.25) is 0 Å². The summed E-state index contributed by atoms with van der Waals surface area (Å²) in [5, 5.41) is 13.2. The first kappa shape index (κ1) is 15.2. The third kappa shape index (κ3) is 3.22. The first-order chi connectivity index (χ1) is 10.8. The summed E-state index contributed by atoms with van der Waals surface area (Å²) in [6.45, 7) is 4.46. The standard InChI is InChI=1S/C19H23NO2/c1-14-5-2-3-8-17(14)19(12-21)20-11-15-6-4-7-16-13-22-10-9-18(15)16/h2-8,19-21H,9-13H2,1H3. The second-order valence-electron chi connectivity index (χ2n) is 5.83. The van der Waals surface area contributed by atoms with Crippen LogP contribution in [0, 0.1) is 6.92 Å². The minimum atomic E-state index is -0.0307. The maximum Gasteiger partial charge on any atom is 0.0719 e. The van der Waals surface area contributed by atoms with Crippen LogP contribution >= 0.6 is 0 Å². The van der Waals surface area contributed by atoms with Gasteiger partial charge in [0.2, 0.25) is 0 Å². The average Bonchev–Trinajstić information content (AvgIpc) is 2.57. The van der Waals surface area contributed by atoms with Crippen LogP contribution in [0.15, 0.2) is 42.5 Å². The van der Waals surface area contributed by atoms with Gasteiger partial charge in [-0.15, -0.1) is 0 Å². The van der Waals surface area contributed by atoms with Crippen molar-refractivity contribution in [3.8, 4) is 0 Å². The van der Waals surface area contributed by atoms with E-state index in [4.69, 9.17) is 4.74 Å². The summed E-state index contributed by atoms with van der Waals surface area (Å²) in [6, 6.07) is 14.6. The molecule has 1 aliphatic rings. The van der Waals surface area contributed by atoms with Gasteiger partial charge >= 0.3 is 0 Å². The third-order valence-corrected chi connectivity index (χ3v) is 4.41. The molecule has 1 heterocycles.